The van der Waals surface area contributed by atoms with E-state index < -0.39 is 0 Å². The fourth-order valence-electron chi connectivity index (χ4n) is 5.25. The standard InChI is InChI=1S/C18H28N4O/c1-2-15-20-7-9-22(15)14-4-3-8-21(11-14)18(23)16-12-5-6-13(10-12)17(16)19/h7,9,12-14,16-17H,2-6,8,10-11,19H2,1H3. The number of carbonyl (C=O) groups is 1. The minimum Gasteiger partial charge on any atom is -0.340 e. The van der Waals surface area contributed by atoms with Gasteiger partial charge in [0.15, 0.2) is 0 Å². The van der Waals surface area contributed by atoms with Crippen molar-refractivity contribution in [2.24, 2.45) is 23.5 Å². The van der Waals surface area contributed by atoms with Gasteiger partial charge in [-0.2, -0.15) is 0 Å². The lowest BCUT2D eigenvalue weighted by Crippen LogP contribution is -2.50. The van der Waals surface area contributed by atoms with Crippen molar-refractivity contribution in [1.29, 1.82) is 0 Å². The van der Waals surface area contributed by atoms with Gasteiger partial charge in [0.2, 0.25) is 5.91 Å². The molecule has 0 aromatic carbocycles. The van der Waals surface area contributed by atoms with Crippen LogP contribution >= 0.6 is 0 Å². The van der Waals surface area contributed by atoms with Gasteiger partial charge in [0.25, 0.3) is 0 Å². The van der Waals surface area contributed by atoms with Crippen molar-refractivity contribution in [3.05, 3.63) is 18.2 Å². The number of amides is 1. The molecule has 1 aromatic rings. The first-order chi connectivity index (χ1) is 11.2. The van der Waals surface area contributed by atoms with Crippen molar-refractivity contribution >= 4 is 5.91 Å². The first kappa shape index (κ1) is 15.2. The van der Waals surface area contributed by atoms with E-state index in [0.29, 0.717) is 23.8 Å². The Morgan fingerprint density at radius 1 is 1.35 bits per heavy atom. The number of likely N-dealkylation sites (tertiary alicyclic amines) is 1. The van der Waals surface area contributed by atoms with E-state index in [-0.39, 0.29) is 12.0 Å². The van der Waals surface area contributed by atoms with E-state index in [1.165, 1.54) is 19.3 Å². The quantitative estimate of drug-likeness (QED) is 0.927. The number of nitrogens with two attached hydrogens (primary N) is 1. The van der Waals surface area contributed by atoms with Gasteiger partial charge < -0.3 is 15.2 Å². The van der Waals surface area contributed by atoms with Gasteiger partial charge in [-0.25, -0.2) is 4.98 Å². The van der Waals surface area contributed by atoms with Crippen molar-refractivity contribution in [2.45, 2.75) is 57.5 Å². The van der Waals surface area contributed by atoms with Crippen LogP contribution in [0.25, 0.3) is 0 Å². The summed E-state index contributed by atoms with van der Waals surface area (Å²) >= 11 is 0. The fourth-order valence-corrected chi connectivity index (χ4v) is 5.25. The van der Waals surface area contributed by atoms with Gasteiger partial charge in [-0.05, 0) is 43.9 Å². The van der Waals surface area contributed by atoms with E-state index in [4.69, 9.17) is 5.73 Å². The summed E-state index contributed by atoms with van der Waals surface area (Å²) in [7, 11) is 0. The number of imidazole rings is 1. The number of carbonyl (C=O) groups excluding carboxylic acids is 1. The molecule has 4 rings (SSSR count). The topological polar surface area (TPSA) is 64.2 Å². The van der Waals surface area contributed by atoms with E-state index in [1.54, 1.807) is 0 Å². The predicted molar refractivity (Wildman–Crippen MR) is 88.8 cm³/mol. The van der Waals surface area contributed by atoms with Crippen molar-refractivity contribution in [3.8, 4) is 0 Å². The first-order valence-electron chi connectivity index (χ1n) is 9.25. The van der Waals surface area contributed by atoms with E-state index in [9.17, 15) is 4.79 Å². The summed E-state index contributed by atoms with van der Waals surface area (Å²) in [6.45, 7) is 3.85. The molecule has 23 heavy (non-hydrogen) atoms. The Morgan fingerprint density at radius 2 is 2.17 bits per heavy atom. The van der Waals surface area contributed by atoms with E-state index >= 15 is 0 Å². The number of rotatable bonds is 3. The van der Waals surface area contributed by atoms with E-state index in [0.717, 1.165) is 38.2 Å². The van der Waals surface area contributed by atoms with Gasteiger partial charge in [0.05, 0.1) is 12.0 Å². The summed E-state index contributed by atoms with van der Waals surface area (Å²) in [6, 6.07) is 0.473. The van der Waals surface area contributed by atoms with E-state index in [2.05, 4.69) is 27.6 Å². The van der Waals surface area contributed by atoms with Crippen molar-refractivity contribution in [1.82, 2.24) is 14.5 Å². The molecule has 5 nitrogen and oxygen atoms in total. The van der Waals surface area contributed by atoms with Gasteiger partial charge in [0.1, 0.15) is 5.82 Å². The number of aromatic nitrogens is 2. The second-order valence-electron chi connectivity index (χ2n) is 7.62. The summed E-state index contributed by atoms with van der Waals surface area (Å²) in [4.78, 5) is 19.6. The van der Waals surface area contributed by atoms with Gasteiger partial charge in [-0.1, -0.05) is 6.92 Å². The molecule has 0 spiro atoms. The third-order valence-corrected chi connectivity index (χ3v) is 6.43. The van der Waals surface area contributed by atoms with E-state index in [1.807, 2.05) is 6.20 Å². The molecule has 0 radical (unpaired) electrons. The molecule has 1 saturated heterocycles. The zero-order valence-corrected chi connectivity index (χ0v) is 14.0. The van der Waals surface area contributed by atoms with Crippen LogP contribution in [0.5, 0.6) is 0 Å². The maximum atomic E-state index is 13.1. The first-order valence-corrected chi connectivity index (χ1v) is 9.25. The Balaban J connectivity index is 1.48. The number of aryl methyl sites for hydroxylation is 1. The lowest BCUT2D eigenvalue weighted by atomic mass is 9.83. The zero-order chi connectivity index (χ0) is 16.0. The van der Waals surface area contributed by atoms with Gasteiger partial charge in [-0.3, -0.25) is 4.79 Å². The molecule has 2 aliphatic carbocycles. The second-order valence-corrected chi connectivity index (χ2v) is 7.62. The molecule has 2 bridgehead atoms. The Bertz CT molecular complexity index is 581. The van der Waals surface area contributed by atoms with Crippen molar-refractivity contribution < 1.29 is 4.79 Å². The van der Waals surface area contributed by atoms with Crippen molar-refractivity contribution in [2.75, 3.05) is 13.1 Å². The molecule has 5 atom stereocenters. The smallest absolute Gasteiger partial charge is 0.227 e. The maximum absolute atomic E-state index is 13.1. The molecular weight excluding hydrogens is 288 g/mol. The van der Waals surface area contributed by atoms with Gasteiger partial charge >= 0.3 is 0 Å². The van der Waals surface area contributed by atoms with Crippen LogP contribution in [0.15, 0.2) is 12.4 Å². The SMILES string of the molecule is CCc1nccn1C1CCCN(C(=O)C2C3CCC(C3)C2N)C1. The van der Waals surface area contributed by atoms with Crippen LogP contribution in [0.1, 0.15) is 50.9 Å². The van der Waals surface area contributed by atoms with Crippen LogP contribution in [-0.4, -0.2) is 39.5 Å². The number of nitrogens with zero attached hydrogens (tertiary/aromatic N) is 3. The minimum absolute atomic E-state index is 0.0842. The number of fused-ring (bicyclic) bond motifs is 2. The van der Waals surface area contributed by atoms with Gasteiger partial charge in [0, 0.05) is 37.9 Å². The van der Waals surface area contributed by atoms with Gasteiger partial charge in [-0.15, -0.1) is 0 Å². The summed E-state index contributed by atoms with van der Waals surface area (Å²) < 4.78 is 2.28. The second kappa shape index (κ2) is 5.93. The Kier molecular flexibility index (Phi) is 3.92. The summed E-state index contributed by atoms with van der Waals surface area (Å²) in [6.07, 6.45) is 10.7. The molecule has 3 aliphatic rings. The number of hydrogen-bond acceptors (Lipinski definition) is 3. The number of hydrogen-bond donors (Lipinski definition) is 1. The highest BCUT2D eigenvalue weighted by molar-refractivity contribution is 5.80. The Labute approximate surface area is 138 Å². The minimum atomic E-state index is 0.0842. The molecule has 1 amide bonds. The zero-order valence-electron chi connectivity index (χ0n) is 14.0. The summed E-state index contributed by atoms with van der Waals surface area (Å²) in [5.41, 5.74) is 6.38. The fraction of sp³-hybridized carbons (Fsp3) is 0.778. The van der Waals surface area contributed by atoms with Crippen LogP contribution in [0.4, 0.5) is 0 Å². The molecule has 5 unspecified atom stereocenters. The lowest BCUT2D eigenvalue weighted by molar-refractivity contribution is -0.139. The van der Waals surface area contributed by atoms with Crippen LogP contribution < -0.4 is 5.73 Å². The predicted octanol–water partition coefficient (Wildman–Crippen LogP) is 1.98. The highest BCUT2D eigenvalue weighted by Gasteiger charge is 2.50. The summed E-state index contributed by atoms with van der Waals surface area (Å²) in [5.74, 6) is 2.67. The lowest BCUT2D eigenvalue weighted by Gasteiger charge is -2.38. The summed E-state index contributed by atoms with van der Waals surface area (Å²) in [5, 5.41) is 0. The largest absolute Gasteiger partial charge is 0.340 e. The third-order valence-electron chi connectivity index (χ3n) is 6.43. The molecule has 2 heterocycles. The molecule has 3 fully saturated rings. The highest BCUT2D eigenvalue weighted by Crippen LogP contribution is 2.48. The monoisotopic (exact) mass is 316 g/mol. The van der Waals surface area contributed by atoms with Crippen LogP contribution in [0.2, 0.25) is 0 Å². The molecule has 2 saturated carbocycles. The average Bonchev–Trinajstić information content (AvgIpc) is 3.29. The van der Waals surface area contributed by atoms with Crippen LogP contribution in [0, 0.1) is 17.8 Å². The van der Waals surface area contributed by atoms with Crippen LogP contribution in [0.3, 0.4) is 0 Å². The molecule has 2 N–H and O–H groups in total. The number of piperidine rings is 1. The third kappa shape index (κ3) is 2.49. The molecular formula is C18H28N4O. The van der Waals surface area contributed by atoms with Crippen LogP contribution in [-0.2, 0) is 11.2 Å². The Hall–Kier alpha value is -1.36. The Morgan fingerprint density at radius 3 is 2.91 bits per heavy atom. The maximum Gasteiger partial charge on any atom is 0.227 e. The molecule has 1 aliphatic heterocycles. The molecule has 1 aromatic heterocycles. The normalized spacial score (nSPS) is 36.6. The highest BCUT2D eigenvalue weighted by atomic mass is 16.2. The molecule has 126 valence electrons. The average molecular weight is 316 g/mol. The molecule has 5 heteroatoms. The van der Waals surface area contributed by atoms with Crippen molar-refractivity contribution in [3.63, 3.8) is 0 Å².